The van der Waals surface area contributed by atoms with Gasteiger partial charge in [0.05, 0.1) is 6.54 Å². The van der Waals surface area contributed by atoms with Crippen molar-refractivity contribution < 1.29 is 24.2 Å². The number of alkyl carbamates (subject to hydrolysis) is 1. The second-order valence-corrected chi connectivity index (χ2v) is 7.83. The highest BCUT2D eigenvalue weighted by Crippen LogP contribution is 2.44. The van der Waals surface area contributed by atoms with Crippen molar-refractivity contribution in [2.75, 3.05) is 19.7 Å². The largest absolute Gasteiger partial charge is 0.480 e. The van der Waals surface area contributed by atoms with E-state index in [0.29, 0.717) is 13.0 Å². The van der Waals surface area contributed by atoms with Gasteiger partial charge in [-0.15, -0.1) is 0 Å². The smallest absolute Gasteiger partial charge is 0.407 e. The molecule has 7 nitrogen and oxygen atoms in total. The molecule has 2 amide bonds. The van der Waals surface area contributed by atoms with Crippen LogP contribution < -0.4 is 5.32 Å². The van der Waals surface area contributed by atoms with Crippen LogP contribution in [0.25, 0.3) is 11.1 Å². The zero-order valence-corrected chi connectivity index (χ0v) is 17.5. The van der Waals surface area contributed by atoms with Crippen LogP contribution in [0.15, 0.2) is 48.5 Å². The predicted molar refractivity (Wildman–Crippen MR) is 118 cm³/mol. The molecule has 1 fully saturated rings. The molecular weight excluding hydrogens is 408 g/mol. The highest BCUT2D eigenvalue weighted by molar-refractivity contribution is 5.96. The Balaban J connectivity index is 1.30. The average Bonchev–Trinajstić information content (AvgIpc) is 3.14. The summed E-state index contributed by atoms with van der Waals surface area (Å²) >= 11 is 0. The molecule has 2 aromatic carbocycles. The van der Waals surface area contributed by atoms with Crippen molar-refractivity contribution in [1.82, 2.24) is 10.2 Å². The summed E-state index contributed by atoms with van der Waals surface area (Å²) in [5.41, 5.74) is 4.56. The molecule has 0 aromatic heterocycles. The van der Waals surface area contributed by atoms with Crippen molar-refractivity contribution in [3.63, 3.8) is 0 Å². The maximum atomic E-state index is 12.2. The van der Waals surface area contributed by atoms with E-state index in [1.807, 2.05) is 36.4 Å². The van der Waals surface area contributed by atoms with Gasteiger partial charge in [-0.05, 0) is 47.4 Å². The zero-order valence-electron chi connectivity index (χ0n) is 17.5. The molecule has 2 aliphatic rings. The number of carbonyl (C=O) groups excluding carboxylic acids is 2. The van der Waals surface area contributed by atoms with E-state index in [4.69, 9.17) is 4.74 Å². The lowest BCUT2D eigenvalue weighted by atomic mass is 9.98. The van der Waals surface area contributed by atoms with Crippen molar-refractivity contribution in [3.05, 3.63) is 59.7 Å². The van der Waals surface area contributed by atoms with E-state index in [1.54, 1.807) is 0 Å². The van der Waals surface area contributed by atoms with Gasteiger partial charge in [-0.25, -0.2) is 9.59 Å². The molecule has 2 N–H and O–H groups in total. The number of benzene rings is 2. The number of carbonyl (C=O) groups is 3. The number of nitrogens with one attached hydrogen (secondary N) is 1. The minimum absolute atomic E-state index is 0.0344. The summed E-state index contributed by atoms with van der Waals surface area (Å²) in [6.07, 6.45) is 1.35. The predicted octanol–water partition coefficient (Wildman–Crippen LogP) is 2.99. The maximum absolute atomic E-state index is 12.2. The Morgan fingerprint density at radius 1 is 1.03 bits per heavy atom. The van der Waals surface area contributed by atoms with Crippen LogP contribution in [0, 0.1) is 11.8 Å². The Hall–Kier alpha value is -3.79. The summed E-state index contributed by atoms with van der Waals surface area (Å²) in [7, 11) is 0. The van der Waals surface area contributed by atoms with Gasteiger partial charge < -0.3 is 20.1 Å². The van der Waals surface area contributed by atoms with Gasteiger partial charge in [-0.2, -0.15) is 0 Å². The molecule has 0 radical (unpaired) electrons. The summed E-state index contributed by atoms with van der Waals surface area (Å²) in [6.45, 7) is 0.512. The van der Waals surface area contributed by atoms with Gasteiger partial charge in [0.15, 0.2) is 0 Å². The van der Waals surface area contributed by atoms with Gasteiger partial charge in [0.1, 0.15) is 12.6 Å². The topological polar surface area (TPSA) is 95.9 Å². The Bertz CT molecular complexity index is 1060. The molecule has 1 aliphatic heterocycles. The van der Waals surface area contributed by atoms with Gasteiger partial charge in [0.2, 0.25) is 0 Å². The van der Waals surface area contributed by atoms with Crippen LogP contribution >= 0.6 is 0 Å². The second kappa shape index (κ2) is 9.56. The number of aliphatic carboxylic acids is 1. The molecular formula is C25H24N2O5. The molecule has 1 saturated heterocycles. The highest BCUT2D eigenvalue weighted by Gasteiger charge is 2.31. The summed E-state index contributed by atoms with van der Waals surface area (Å²) in [5, 5.41) is 11.8. The van der Waals surface area contributed by atoms with Crippen molar-refractivity contribution >= 4 is 18.0 Å². The SMILES string of the molecule is O=C(NCC#CC(=O)N1CCCC[C@@H]1C(=O)O)OCC1c2ccccc2-c2ccccc21. The van der Waals surface area contributed by atoms with Gasteiger partial charge in [-0.3, -0.25) is 4.79 Å². The number of likely N-dealkylation sites (tertiary alicyclic amines) is 1. The van der Waals surface area contributed by atoms with Gasteiger partial charge in [0, 0.05) is 12.5 Å². The molecule has 1 atom stereocenters. The molecule has 0 bridgehead atoms. The molecule has 4 rings (SSSR count). The van der Waals surface area contributed by atoms with Crippen LogP contribution in [-0.4, -0.2) is 53.7 Å². The van der Waals surface area contributed by atoms with E-state index >= 15 is 0 Å². The van der Waals surface area contributed by atoms with Gasteiger partial charge in [-0.1, -0.05) is 54.5 Å². The molecule has 7 heteroatoms. The fourth-order valence-corrected chi connectivity index (χ4v) is 4.39. The third-order valence-corrected chi connectivity index (χ3v) is 5.91. The Labute approximate surface area is 186 Å². The normalized spacial score (nSPS) is 16.9. The van der Waals surface area contributed by atoms with Crippen LogP contribution in [0.3, 0.4) is 0 Å². The first-order valence-electron chi connectivity index (χ1n) is 10.7. The minimum atomic E-state index is -1.02. The Morgan fingerprint density at radius 3 is 2.34 bits per heavy atom. The lowest BCUT2D eigenvalue weighted by Crippen LogP contribution is -2.47. The standard InChI is InChI=1S/C25H24N2O5/c28-23(27-15-6-5-12-22(27)24(29)30)13-7-14-26-25(31)32-16-21-19-10-3-1-8-17(19)18-9-2-4-11-20(18)21/h1-4,8-11,21-22H,5-6,12,14-16H2,(H,26,31)(H,29,30)/t22-/m1/s1. The van der Waals surface area contributed by atoms with Crippen molar-refractivity contribution in [1.29, 1.82) is 0 Å². The molecule has 2 aromatic rings. The second-order valence-electron chi connectivity index (χ2n) is 7.83. The lowest BCUT2D eigenvalue weighted by Gasteiger charge is -2.31. The first kappa shape index (κ1) is 21.4. The molecule has 1 heterocycles. The number of piperidine rings is 1. The quantitative estimate of drug-likeness (QED) is 0.724. The number of carboxylic acid groups (broad SMARTS) is 1. The van der Waals surface area contributed by atoms with E-state index in [-0.39, 0.29) is 19.1 Å². The summed E-state index contributed by atoms with van der Waals surface area (Å²) in [6, 6.07) is 15.3. The van der Waals surface area contributed by atoms with Crippen LogP contribution in [-0.2, 0) is 14.3 Å². The van der Waals surface area contributed by atoms with Gasteiger partial charge in [0.25, 0.3) is 5.91 Å². The third kappa shape index (κ3) is 4.45. The Kier molecular flexibility index (Phi) is 6.41. The van der Waals surface area contributed by atoms with E-state index in [0.717, 1.165) is 35.1 Å². The monoisotopic (exact) mass is 432 g/mol. The van der Waals surface area contributed by atoms with Crippen LogP contribution in [0.4, 0.5) is 4.79 Å². The number of nitrogens with zero attached hydrogens (tertiary/aromatic N) is 1. The van der Waals surface area contributed by atoms with Crippen molar-refractivity contribution in [2.45, 2.75) is 31.2 Å². The number of amides is 2. The number of carboxylic acids is 1. The Morgan fingerprint density at radius 2 is 1.69 bits per heavy atom. The number of rotatable bonds is 4. The fourth-order valence-electron chi connectivity index (χ4n) is 4.39. The number of ether oxygens (including phenoxy) is 1. The average molecular weight is 432 g/mol. The van der Waals surface area contributed by atoms with E-state index in [2.05, 4.69) is 29.3 Å². The minimum Gasteiger partial charge on any atom is -0.480 e. The molecule has 0 unspecified atom stereocenters. The number of hydrogen-bond acceptors (Lipinski definition) is 4. The highest BCUT2D eigenvalue weighted by atomic mass is 16.5. The molecule has 32 heavy (non-hydrogen) atoms. The number of hydrogen-bond donors (Lipinski definition) is 2. The van der Waals surface area contributed by atoms with E-state index in [1.165, 1.54) is 4.90 Å². The first-order valence-corrected chi connectivity index (χ1v) is 10.7. The van der Waals surface area contributed by atoms with Crippen LogP contribution in [0.1, 0.15) is 36.3 Å². The van der Waals surface area contributed by atoms with E-state index in [9.17, 15) is 19.5 Å². The molecule has 164 valence electrons. The summed E-state index contributed by atoms with van der Waals surface area (Å²) in [4.78, 5) is 37.0. The molecule has 0 saturated carbocycles. The zero-order chi connectivity index (χ0) is 22.5. The van der Waals surface area contributed by atoms with Crippen LogP contribution in [0.2, 0.25) is 0 Å². The molecule has 0 spiro atoms. The van der Waals surface area contributed by atoms with Crippen molar-refractivity contribution in [3.8, 4) is 23.0 Å². The maximum Gasteiger partial charge on any atom is 0.407 e. The molecule has 1 aliphatic carbocycles. The number of fused-ring (bicyclic) bond motifs is 3. The van der Waals surface area contributed by atoms with Crippen molar-refractivity contribution in [2.24, 2.45) is 0 Å². The first-order chi connectivity index (χ1) is 15.6. The lowest BCUT2D eigenvalue weighted by molar-refractivity contribution is -0.149. The summed E-state index contributed by atoms with van der Waals surface area (Å²) in [5.74, 6) is 3.42. The van der Waals surface area contributed by atoms with E-state index < -0.39 is 24.0 Å². The summed E-state index contributed by atoms with van der Waals surface area (Å²) < 4.78 is 5.42. The third-order valence-electron chi connectivity index (χ3n) is 5.91. The fraction of sp³-hybridized carbons (Fsp3) is 0.320. The van der Waals surface area contributed by atoms with Crippen LogP contribution in [0.5, 0.6) is 0 Å². The van der Waals surface area contributed by atoms with Gasteiger partial charge >= 0.3 is 12.1 Å².